The van der Waals surface area contributed by atoms with Gasteiger partial charge in [-0.05, 0) is 51.4 Å². The maximum Gasteiger partial charge on any atom is 0.226 e. The SMILES string of the molecule is COC(CNC(=O)C1CCN(Cc2nc(-c3ccccc3C)oc2C)CC1)OC. The van der Waals surface area contributed by atoms with Crippen LogP contribution in [-0.4, -0.2) is 55.9 Å². The number of likely N-dealkylation sites (tertiary alicyclic amines) is 1. The Labute approximate surface area is 172 Å². The van der Waals surface area contributed by atoms with Gasteiger partial charge in [0.15, 0.2) is 6.29 Å². The third-order valence-electron chi connectivity index (χ3n) is 5.57. The molecule has 7 heteroatoms. The molecule has 1 aromatic carbocycles. The van der Waals surface area contributed by atoms with Gasteiger partial charge < -0.3 is 19.2 Å². The number of ether oxygens (including phenoxy) is 2. The van der Waals surface area contributed by atoms with Gasteiger partial charge in [-0.25, -0.2) is 4.98 Å². The standard InChI is InChI=1S/C22H31N3O4/c1-15-7-5-6-8-18(15)22-24-19(16(2)29-22)14-25-11-9-17(10-12-25)21(26)23-13-20(27-3)28-4/h5-8,17,20H,9-14H2,1-4H3,(H,23,26). The van der Waals surface area contributed by atoms with Gasteiger partial charge in [-0.3, -0.25) is 9.69 Å². The number of aromatic nitrogens is 1. The lowest BCUT2D eigenvalue weighted by molar-refractivity contribution is -0.132. The van der Waals surface area contributed by atoms with E-state index >= 15 is 0 Å². The smallest absolute Gasteiger partial charge is 0.226 e. The monoisotopic (exact) mass is 401 g/mol. The van der Waals surface area contributed by atoms with E-state index < -0.39 is 6.29 Å². The zero-order valence-corrected chi connectivity index (χ0v) is 17.7. The van der Waals surface area contributed by atoms with Crippen LogP contribution in [-0.2, 0) is 20.8 Å². The van der Waals surface area contributed by atoms with Gasteiger partial charge in [0.25, 0.3) is 0 Å². The molecule has 1 N–H and O–H groups in total. The predicted molar refractivity (Wildman–Crippen MR) is 110 cm³/mol. The van der Waals surface area contributed by atoms with Gasteiger partial charge in [-0.2, -0.15) is 0 Å². The molecule has 29 heavy (non-hydrogen) atoms. The van der Waals surface area contributed by atoms with Crippen molar-refractivity contribution in [1.29, 1.82) is 0 Å². The Hall–Kier alpha value is -2.22. The maximum absolute atomic E-state index is 12.4. The Morgan fingerprint density at radius 1 is 1.24 bits per heavy atom. The van der Waals surface area contributed by atoms with Crippen LogP contribution in [0.3, 0.4) is 0 Å². The number of nitrogens with zero attached hydrogens (tertiary/aromatic N) is 2. The van der Waals surface area contributed by atoms with Crippen LogP contribution in [0.4, 0.5) is 0 Å². The number of oxazole rings is 1. The molecular formula is C22H31N3O4. The normalized spacial score (nSPS) is 15.8. The van der Waals surface area contributed by atoms with Gasteiger partial charge in [-0.1, -0.05) is 18.2 Å². The van der Waals surface area contributed by atoms with Crippen molar-refractivity contribution in [3.63, 3.8) is 0 Å². The largest absolute Gasteiger partial charge is 0.441 e. The van der Waals surface area contributed by atoms with Crippen LogP contribution in [0.15, 0.2) is 28.7 Å². The van der Waals surface area contributed by atoms with E-state index in [1.807, 2.05) is 25.1 Å². The second-order valence-corrected chi connectivity index (χ2v) is 7.53. The van der Waals surface area contributed by atoms with Crippen LogP contribution >= 0.6 is 0 Å². The number of piperidine rings is 1. The van der Waals surface area contributed by atoms with Gasteiger partial charge in [0.2, 0.25) is 11.8 Å². The van der Waals surface area contributed by atoms with E-state index in [9.17, 15) is 4.79 Å². The van der Waals surface area contributed by atoms with E-state index in [0.29, 0.717) is 12.4 Å². The molecular weight excluding hydrogens is 370 g/mol. The Morgan fingerprint density at radius 3 is 2.59 bits per heavy atom. The number of carbonyl (C=O) groups excluding carboxylic acids is 1. The van der Waals surface area contributed by atoms with Gasteiger partial charge in [0.1, 0.15) is 5.76 Å². The first-order chi connectivity index (χ1) is 14.0. The van der Waals surface area contributed by atoms with Crippen molar-refractivity contribution in [2.45, 2.75) is 39.5 Å². The number of rotatable bonds is 8. The molecule has 0 atom stereocenters. The average molecular weight is 402 g/mol. The molecule has 1 aliphatic rings. The summed E-state index contributed by atoms with van der Waals surface area (Å²) >= 11 is 0. The second kappa shape index (κ2) is 10.0. The summed E-state index contributed by atoms with van der Waals surface area (Å²) in [5.41, 5.74) is 3.15. The fourth-order valence-corrected chi connectivity index (χ4v) is 3.66. The summed E-state index contributed by atoms with van der Waals surface area (Å²) in [5.74, 6) is 1.63. The van der Waals surface area contributed by atoms with Crippen molar-refractivity contribution >= 4 is 5.91 Å². The van der Waals surface area contributed by atoms with E-state index in [1.165, 1.54) is 0 Å². The van der Waals surface area contributed by atoms with E-state index in [2.05, 4.69) is 23.2 Å². The summed E-state index contributed by atoms with van der Waals surface area (Å²) in [6.45, 7) is 6.86. The molecule has 0 aliphatic carbocycles. The minimum atomic E-state index is -0.406. The van der Waals surface area contributed by atoms with Crippen LogP contribution < -0.4 is 5.32 Å². The van der Waals surface area contributed by atoms with E-state index in [4.69, 9.17) is 18.9 Å². The molecule has 1 aliphatic heterocycles. The van der Waals surface area contributed by atoms with E-state index in [-0.39, 0.29) is 11.8 Å². The molecule has 1 aromatic heterocycles. The molecule has 7 nitrogen and oxygen atoms in total. The van der Waals surface area contributed by atoms with Gasteiger partial charge in [0.05, 0.1) is 12.2 Å². The fourth-order valence-electron chi connectivity index (χ4n) is 3.66. The minimum Gasteiger partial charge on any atom is -0.441 e. The lowest BCUT2D eigenvalue weighted by Gasteiger charge is -2.31. The first kappa shape index (κ1) is 21.5. The number of nitrogens with one attached hydrogen (secondary N) is 1. The van der Waals surface area contributed by atoms with Crippen LogP contribution in [0.5, 0.6) is 0 Å². The summed E-state index contributed by atoms with van der Waals surface area (Å²) < 4.78 is 16.2. The molecule has 2 heterocycles. The third-order valence-corrected chi connectivity index (χ3v) is 5.57. The number of hydrogen-bond acceptors (Lipinski definition) is 6. The van der Waals surface area contributed by atoms with Crippen LogP contribution in [0.2, 0.25) is 0 Å². The first-order valence-corrected chi connectivity index (χ1v) is 10.1. The first-order valence-electron chi connectivity index (χ1n) is 10.1. The lowest BCUT2D eigenvalue weighted by Crippen LogP contribution is -2.42. The quantitative estimate of drug-likeness (QED) is 0.686. The molecule has 0 unspecified atom stereocenters. The Balaban J connectivity index is 1.52. The van der Waals surface area contributed by atoms with Crippen molar-refractivity contribution in [3.05, 3.63) is 41.3 Å². The Morgan fingerprint density at radius 2 is 1.93 bits per heavy atom. The van der Waals surface area contributed by atoms with Gasteiger partial charge in [-0.15, -0.1) is 0 Å². The van der Waals surface area contributed by atoms with Crippen molar-refractivity contribution in [2.24, 2.45) is 5.92 Å². The summed E-state index contributed by atoms with van der Waals surface area (Å²) in [6, 6.07) is 8.11. The van der Waals surface area contributed by atoms with Crippen molar-refractivity contribution in [3.8, 4) is 11.5 Å². The van der Waals surface area contributed by atoms with Crippen LogP contribution in [0.1, 0.15) is 29.9 Å². The van der Waals surface area contributed by atoms with Crippen molar-refractivity contribution < 1.29 is 18.7 Å². The predicted octanol–water partition coefficient (Wildman–Crippen LogP) is 2.91. The zero-order chi connectivity index (χ0) is 20.8. The molecule has 158 valence electrons. The van der Waals surface area contributed by atoms with Crippen molar-refractivity contribution in [2.75, 3.05) is 33.9 Å². The number of methoxy groups -OCH3 is 2. The summed E-state index contributed by atoms with van der Waals surface area (Å²) in [6.07, 6.45) is 1.26. The highest BCUT2D eigenvalue weighted by atomic mass is 16.7. The van der Waals surface area contributed by atoms with Gasteiger partial charge >= 0.3 is 0 Å². The molecule has 3 rings (SSSR count). The Bertz CT molecular complexity index is 808. The molecule has 0 radical (unpaired) electrons. The van der Waals surface area contributed by atoms with E-state index in [0.717, 1.165) is 55.1 Å². The van der Waals surface area contributed by atoms with Gasteiger partial charge in [0, 0.05) is 32.2 Å². The zero-order valence-electron chi connectivity index (χ0n) is 17.7. The highest BCUT2D eigenvalue weighted by Gasteiger charge is 2.26. The minimum absolute atomic E-state index is 0.0292. The highest BCUT2D eigenvalue weighted by molar-refractivity contribution is 5.78. The molecule has 2 aromatic rings. The lowest BCUT2D eigenvalue weighted by atomic mass is 9.96. The fraction of sp³-hybridized carbons (Fsp3) is 0.545. The second-order valence-electron chi connectivity index (χ2n) is 7.53. The van der Waals surface area contributed by atoms with Crippen LogP contribution in [0, 0.1) is 19.8 Å². The molecule has 1 amide bonds. The third kappa shape index (κ3) is 5.44. The van der Waals surface area contributed by atoms with Crippen LogP contribution in [0.25, 0.3) is 11.5 Å². The number of amides is 1. The molecule has 0 saturated carbocycles. The summed E-state index contributed by atoms with van der Waals surface area (Å²) in [7, 11) is 3.13. The topological polar surface area (TPSA) is 76.8 Å². The Kier molecular flexibility index (Phi) is 7.41. The number of carbonyl (C=O) groups is 1. The maximum atomic E-state index is 12.4. The average Bonchev–Trinajstić information content (AvgIpc) is 3.09. The van der Waals surface area contributed by atoms with Crippen molar-refractivity contribution in [1.82, 2.24) is 15.2 Å². The molecule has 1 fully saturated rings. The highest BCUT2D eigenvalue weighted by Crippen LogP contribution is 2.26. The van der Waals surface area contributed by atoms with E-state index in [1.54, 1.807) is 14.2 Å². The summed E-state index contributed by atoms with van der Waals surface area (Å²) in [5, 5.41) is 2.92. The number of hydrogen-bond donors (Lipinski definition) is 1. The summed E-state index contributed by atoms with van der Waals surface area (Å²) in [4.78, 5) is 19.5. The molecule has 0 spiro atoms. The number of benzene rings is 1. The molecule has 0 bridgehead atoms. The molecule has 1 saturated heterocycles. The number of aryl methyl sites for hydroxylation is 2.